The number of rotatable bonds is 1. The Morgan fingerprint density at radius 2 is 2.20 bits per heavy atom. The van der Waals surface area contributed by atoms with Gasteiger partial charge < -0.3 is 5.73 Å². The summed E-state index contributed by atoms with van der Waals surface area (Å²) in [5, 5.41) is 8.57. The van der Waals surface area contributed by atoms with Crippen molar-refractivity contribution in [3.05, 3.63) is 23.8 Å². The third-order valence-electron chi connectivity index (χ3n) is 1.42. The fourth-order valence-corrected chi connectivity index (χ4v) is 0.843. The molecule has 0 fully saturated rings. The molecule has 0 aliphatic heterocycles. The van der Waals surface area contributed by atoms with Crippen LogP contribution < -0.4 is 11.2 Å². The minimum Gasteiger partial charge on any atom is -0.397 e. The second-order valence-corrected chi connectivity index (χ2v) is 2.15. The first kappa shape index (κ1) is 6.89. The predicted octanol–water partition coefficient (Wildman–Crippen LogP) is 1.38. The number of aryl methyl sites for hydroxylation is 1. The van der Waals surface area contributed by atoms with E-state index in [0.29, 0.717) is 11.4 Å². The lowest BCUT2D eigenvalue weighted by Crippen LogP contribution is -1.97. The molecule has 10 heavy (non-hydrogen) atoms. The van der Waals surface area contributed by atoms with E-state index in [-0.39, 0.29) is 0 Å². The standard InChI is InChI=1S/C7H10N2O/c1-5-3-2-4-6(8)7(5)9-10/h2-4,9-10H,8H2,1H3. The van der Waals surface area contributed by atoms with Crippen LogP contribution in [0.2, 0.25) is 0 Å². The van der Waals surface area contributed by atoms with E-state index >= 15 is 0 Å². The summed E-state index contributed by atoms with van der Waals surface area (Å²) in [7, 11) is 0. The monoisotopic (exact) mass is 138 g/mol. The molecule has 1 aromatic rings. The zero-order chi connectivity index (χ0) is 7.56. The van der Waals surface area contributed by atoms with Gasteiger partial charge in [-0.05, 0) is 18.6 Å². The molecule has 0 aliphatic carbocycles. The zero-order valence-corrected chi connectivity index (χ0v) is 5.76. The van der Waals surface area contributed by atoms with Crippen molar-refractivity contribution in [1.82, 2.24) is 0 Å². The Bertz CT molecular complexity index is 215. The number of benzene rings is 1. The highest BCUT2D eigenvalue weighted by Crippen LogP contribution is 2.20. The van der Waals surface area contributed by atoms with Crippen LogP contribution in [0.1, 0.15) is 5.56 Å². The maximum absolute atomic E-state index is 8.57. The molecular weight excluding hydrogens is 128 g/mol. The molecule has 0 amide bonds. The van der Waals surface area contributed by atoms with Crippen LogP contribution in [0.25, 0.3) is 0 Å². The van der Waals surface area contributed by atoms with Crippen molar-refractivity contribution in [3.63, 3.8) is 0 Å². The van der Waals surface area contributed by atoms with Gasteiger partial charge in [0.05, 0.1) is 11.4 Å². The fraction of sp³-hybridized carbons (Fsp3) is 0.143. The van der Waals surface area contributed by atoms with Gasteiger partial charge >= 0.3 is 0 Å². The largest absolute Gasteiger partial charge is 0.397 e. The fourth-order valence-electron chi connectivity index (χ4n) is 0.843. The highest BCUT2D eigenvalue weighted by Gasteiger charge is 1.98. The first-order valence-corrected chi connectivity index (χ1v) is 3.01. The maximum Gasteiger partial charge on any atom is 0.0860 e. The molecule has 0 atom stereocenters. The number of nitrogen functional groups attached to an aromatic ring is 1. The van der Waals surface area contributed by atoms with Crippen molar-refractivity contribution in [1.29, 1.82) is 0 Å². The van der Waals surface area contributed by atoms with Gasteiger partial charge in [0.15, 0.2) is 0 Å². The number of anilines is 2. The minimum atomic E-state index is 0.558. The highest BCUT2D eigenvalue weighted by molar-refractivity contribution is 5.68. The molecule has 0 radical (unpaired) electrons. The molecule has 3 heteroatoms. The van der Waals surface area contributed by atoms with Crippen molar-refractivity contribution in [3.8, 4) is 0 Å². The first-order chi connectivity index (χ1) is 4.75. The first-order valence-electron chi connectivity index (χ1n) is 3.01. The molecule has 0 saturated carbocycles. The Hall–Kier alpha value is -1.22. The molecule has 1 aromatic carbocycles. The van der Waals surface area contributed by atoms with Crippen LogP contribution in [0.5, 0.6) is 0 Å². The zero-order valence-electron chi connectivity index (χ0n) is 5.76. The molecule has 0 spiro atoms. The molecule has 0 aromatic heterocycles. The van der Waals surface area contributed by atoms with Crippen LogP contribution in [0.3, 0.4) is 0 Å². The van der Waals surface area contributed by atoms with Crippen molar-refractivity contribution in [2.75, 3.05) is 11.2 Å². The number of nitrogens with one attached hydrogen (secondary N) is 1. The Morgan fingerprint density at radius 3 is 2.60 bits per heavy atom. The van der Waals surface area contributed by atoms with Crippen LogP contribution in [-0.2, 0) is 0 Å². The van der Waals surface area contributed by atoms with E-state index in [0.717, 1.165) is 5.56 Å². The van der Waals surface area contributed by atoms with Gasteiger partial charge in [0.2, 0.25) is 0 Å². The second kappa shape index (κ2) is 2.58. The molecule has 1 rings (SSSR count). The van der Waals surface area contributed by atoms with Gasteiger partial charge in [-0.1, -0.05) is 12.1 Å². The minimum absolute atomic E-state index is 0.558. The summed E-state index contributed by atoms with van der Waals surface area (Å²) in [6.07, 6.45) is 0. The maximum atomic E-state index is 8.57. The lowest BCUT2D eigenvalue weighted by atomic mass is 10.2. The van der Waals surface area contributed by atoms with Crippen LogP contribution in [-0.4, -0.2) is 5.21 Å². The van der Waals surface area contributed by atoms with Crippen LogP contribution >= 0.6 is 0 Å². The lowest BCUT2D eigenvalue weighted by molar-refractivity contribution is 0.389. The molecule has 0 heterocycles. The van der Waals surface area contributed by atoms with Crippen LogP contribution in [0.15, 0.2) is 18.2 Å². The Labute approximate surface area is 59.4 Å². The van der Waals surface area contributed by atoms with E-state index in [1.807, 2.05) is 24.5 Å². The molecule has 0 bridgehead atoms. The van der Waals surface area contributed by atoms with Gasteiger partial charge in [-0.2, -0.15) is 0 Å². The van der Waals surface area contributed by atoms with Gasteiger partial charge in [-0.25, -0.2) is 0 Å². The van der Waals surface area contributed by atoms with E-state index in [4.69, 9.17) is 10.9 Å². The van der Waals surface area contributed by atoms with E-state index in [9.17, 15) is 0 Å². The van der Waals surface area contributed by atoms with E-state index in [2.05, 4.69) is 0 Å². The molecule has 4 N–H and O–H groups in total. The normalized spacial score (nSPS) is 9.40. The number of hydrogen-bond acceptors (Lipinski definition) is 3. The number of nitrogens with two attached hydrogens (primary N) is 1. The van der Waals surface area contributed by atoms with Gasteiger partial charge in [0.25, 0.3) is 0 Å². The van der Waals surface area contributed by atoms with Crippen LogP contribution in [0.4, 0.5) is 11.4 Å². The smallest absolute Gasteiger partial charge is 0.0860 e. The number of para-hydroxylation sites is 1. The van der Waals surface area contributed by atoms with Crippen molar-refractivity contribution in [2.45, 2.75) is 6.92 Å². The summed E-state index contributed by atoms with van der Waals surface area (Å²) in [6.45, 7) is 1.87. The SMILES string of the molecule is Cc1cccc(N)c1NO. The summed E-state index contributed by atoms with van der Waals surface area (Å²) in [6, 6.07) is 5.44. The van der Waals surface area contributed by atoms with E-state index < -0.39 is 0 Å². The third-order valence-corrected chi connectivity index (χ3v) is 1.42. The average molecular weight is 138 g/mol. The van der Waals surface area contributed by atoms with Gasteiger partial charge in [0, 0.05) is 0 Å². The van der Waals surface area contributed by atoms with Crippen molar-refractivity contribution in [2.24, 2.45) is 0 Å². The van der Waals surface area contributed by atoms with Gasteiger partial charge in [-0.3, -0.25) is 10.7 Å². The molecule has 3 nitrogen and oxygen atoms in total. The Morgan fingerprint density at radius 1 is 1.50 bits per heavy atom. The Balaban J connectivity index is 3.17. The van der Waals surface area contributed by atoms with Crippen molar-refractivity contribution >= 4 is 11.4 Å². The topological polar surface area (TPSA) is 58.3 Å². The van der Waals surface area contributed by atoms with E-state index in [1.165, 1.54) is 0 Å². The summed E-state index contributed by atoms with van der Waals surface area (Å²) in [4.78, 5) is 0. The molecular formula is C7H10N2O. The average Bonchev–Trinajstić information content (AvgIpc) is 1.88. The summed E-state index contributed by atoms with van der Waals surface area (Å²) < 4.78 is 0. The van der Waals surface area contributed by atoms with Gasteiger partial charge in [0.1, 0.15) is 0 Å². The Kier molecular flexibility index (Phi) is 1.78. The predicted molar refractivity (Wildman–Crippen MR) is 41.0 cm³/mol. The molecule has 0 aliphatic rings. The quantitative estimate of drug-likeness (QED) is 0.406. The highest BCUT2D eigenvalue weighted by atomic mass is 16.5. The summed E-state index contributed by atoms with van der Waals surface area (Å²) in [5.41, 5.74) is 9.62. The summed E-state index contributed by atoms with van der Waals surface area (Å²) >= 11 is 0. The number of hydrogen-bond donors (Lipinski definition) is 3. The molecule has 0 unspecified atom stereocenters. The molecule has 54 valence electrons. The lowest BCUT2D eigenvalue weighted by Gasteiger charge is -2.05. The molecule has 0 saturated heterocycles. The summed E-state index contributed by atoms with van der Waals surface area (Å²) in [5.74, 6) is 0. The second-order valence-electron chi connectivity index (χ2n) is 2.15. The third kappa shape index (κ3) is 1.04. The van der Waals surface area contributed by atoms with E-state index in [1.54, 1.807) is 6.07 Å². The van der Waals surface area contributed by atoms with Gasteiger partial charge in [-0.15, -0.1) is 0 Å². The van der Waals surface area contributed by atoms with Crippen molar-refractivity contribution < 1.29 is 5.21 Å². The van der Waals surface area contributed by atoms with Crippen LogP contribution in [0, 0.1) is 6.92 Å².